The van der Waals surface area contributed by atoms with E-state index in [-0.39, 0.29) is 11.8 Å². The van der Waals surface area contributed by atoms with Crippen molar-refractivity contribution in [1.29, 1.82) is 0 Å². The first-order chi connectivity index (χ1) is 6.70. The molecule has 0 unspecified atom stereocenters. The first-order valence-electron chi connectivity index (χ1n) is 4.93. The van der Waals surface area contributed by atoms with Gasteiger partial charge in [0.05, 0.1) is 6.33 Å². The summed E-state index contributed by atoms with van der Waals surface area (Å²) >= 11 is 0. The smallest absolute Gasteiger partial charge is 0.222 e. The summed E-state index contributed by atoms with van der Waals surface area (Å²) in [5.41, 5.74) is 0. The van der Waals surface area contributed by atoms with Crippen molar-refractivity contribution in [3.8, 4) is 0 Å². The quantitative estimate of drug-likeness (QED) is 0.714. The Morgan fingerprint density at radius 2 is 2.36 bits per heavy atom. The second-order valence-corrected chi connectivity index (χ2v) is 3.60. The molecule has 78 valence electrons. The molecule has 0 fully saturated rings. The molecule has 1 heterocycles. The van der Waals surface area contributed by atoms with E-state index in [1.165, 1.54) is 0 Å². The standard InChI is InChI=1S/C10H17N3O/c1-9(2)10(14)12-4-3-6-13-7-5-11-8-13/h5,7-9H,3-4,6H2,1-2H3,(H,12,14). The molecule has 1 aromatic rings. The normalized spacial score (nSPS) is 10.5. The van der Waals surface area contributed by atoms with Crippen LogP contribution < -0.4 is 5.32 Å². The number of aryl methyl sites for hydroxylation is 1. The van der Waals surface area contributed by atoms with Gasteiger partial charge in [-0.15, -0.1) is 0 Å². The number of aromatic nitrogens is 2. The van der Waals surface area contributed by atoms with Gasteiger partial charge in [-0.2, -0.15) is 0 Å². The van der Waals surface area contributed by atoms with Gasteiger partial charge in [0, 0.05) is 31.4 Å². The van der Waals surface area contributed by atoms with Crippen LogP contribution in [0.4, 0.5) is 0 Å². The maximum atomic E-state index is 11.2. The van der Waals surface area contributed by atoms with E-state index in [2.05, 4.69) is 10.3 Å². The van der Waals surface area contributed by atoms with Crippen molar-refractivity contribution in [3.05, 3.63) is 18.7 Å². The molecular formula is C10H17N3O. The van der Waals surface area contributed by atoms with Gasteiger partial charge >= 0.3 is 0 Å². The molecule has 0 atom stereocenters. The van der Waals surface area contributed by atoms with Crippen molar-refractivity contribution in [3.63, 3.8) is 0 Å². The van der Waals surface area contributed by atoms with Crippen LogP contribution in [0.1, 0.15) is 20.3 Å². The molecule has 0 radical (unpaired) electrons. The minimum atomic E-state index is 0.0724. The first-order valence-corrected chi connectivity index (χ1v) is 4.93. The highest BCUT2D eigenvalue weighted by atomic mass is 16.1. The van der Waals surface area contributed by atoms with Crippen LogP contribution in [0, 0.1) is 5.92 Å². The molecule has 14 heavy (non-hydrogen) atoms. The van der Waals surface area contributed by atoms with Crippen LogP contribution >= 0.6 is 0 Å². The molecule has 0 saturated heterocycles. The van der Waals surface area contributed by atoms with Gasteiger partial charge in [0.1, 0.15) is 0 Å². The zero-order chi connectivity index (χ0) is 10.4. The van der Waals surface area contributed by atoms with Crippen LogP contribution in [0.5, 0.6) is 0 Å². The van der Waals surface area contributed by atoms with Gasteiger partial charge in [0.2, 0.25) is 5.91 Å². The molecule has 1 rings (SSSR count). The molecule has 0 aliphatic heterocycles. The van der Waals surface area contributed by atoms with E-state index in [4.69, 9.17) is 0 Å². The number of imidazole rings is 1. The molecule has 4 nitrogen and oxygen atoms in total. The molecule has 1 amide bonds. The molecule has 1 aromatic heterocycles. The van der Waals surface area contributed by atoms with E-state index in [1.807, 2.05) is 24.6 Å². The average Bonchev–Trinajstić information content (AvgIpc) is 2.64. The monoisotopic (exact) mass is 195 g/mol. The third-order valence-electron chi connectivity index (χ3n) is 1.98. The number of nitrogens with zero attached hydrogens (tertiary/aromatic N) is 2. The van der Waals surface area contributed by atoms with Crippen LogP contribution in [-0.2, 0) is 11.3 Å². The zero-order valence-electron chi connectivity index (χ0n) is 8.73. The Morgan fingerprint density at radius 1 is 1.57 bits per heavy atom. The number of amides is 1. The van der Waals surface area contributed by atoms with Gasteiger partial charge < -0.3 is 9.88 Å². The highest BCUT2D eigenvalue weighted by Crippen LogP contribution is 1.92. The molecular weight excluding hydrogens is 178 g/mol. The fourth-order valence-electron chi connectivity index (χ4n) is 1.10. The summed E-state index contributed by atoms with van der Waals surface area (Å²) in [6.07, 6.45) is 6.40. The van der Waals surface area contributed by atoms with E-state index in [9.17, 15) is 4.79 Å². The van der Waals surface area contributed by atoms with Gasteiger partial charge in [-0.3, -0.25) is 4.79 Å². The Labute approximate surface area is 84.3 Å². The fourth-order valence-corrected chi connectivity index (χ4v) is 1.10. The zero-order valence-corrected chi connectivity index (χ0v) is 8.73. The van der Waals surface area contributed by atoms with Crippen LogP contribution in [0.25, 0.3) is 0 Å². The summed E-state index contributed by atoms with van der Waals surface area (Å²) in [5.74, 6) is 0.193. The number of carbonyl (C=O) groups is 1. The molecule has 0 saturated carbocycles. The highest BCUT2D eigenvalue weighted by molar-refractivity contribution is 5.77. The number of carbonyl (C=O) groups excluding carboxylic acids is 1. The molecule has 0 aliphatic rings. The average molecular weight is 195 g/mol. The van der Waals surface area contributed by atoms with Gasteiger partial charge in [-0.1, -0.05) is 13.8 Å². The van der Waals surface area contributed by atoms with Gasteiger partial charge in [0.25, 0.3) is 0 Å². The van der Waals surface area contributed by atoms with Crippen LogP contribution in [0.3, 0.4) is 0 Å². The first kappa shape index (κ1) is 10.8. The van der Waals surface area contributed by atoms with Gasteiger partial charge in [0.15, 0.2) is 0 Å². The number of rotatable bonds is 5. The van der Waals surface area contributed by atoms with Crippen LogP contribution in [0.2, 0.25) is 0 Å². The molecule has 0 aliphatic carbocycles. The minimum Gasteiger partial charge on any atom is -0.356 e. The van der Waals surface area contributed by atoms with Gasteiger partial charge in [-0.25, -0.2) is 4.98 Å². The van der Waals surface area contributed by atoms with Crippen LogP contribution in [-0.4, -0.2) is 22.0 Å². The summed E-state index contributed by atoms with van der Waals surface area (Å²) in [4.78, 5) is 15.1. The lowest BCUT2D eigenvalue weighted by molar-refractivity contribution is -0.123. The van der Waals surface area contributed by atoms with E-state index in [0.717, 1.165) is 19.5 Å². The lowest BCUT2D eigenvalue weighted by Gasteiger charge is -2.07. The van der Waals surface area contributed by atoms with Gasteiger partial charge in [-0.05, 0) is 6.42 Å². The molecule has 0 aromatic carbocycles. The van der Waals surface area contributed by atoms with Crippen molar-refractivity contribution in [1.82, 2.24) is 14.9 Å². The number of nitrogens with one attached hydrogen (secondary N) is 1. The second kappa shape index (κ2) is 5.42. The fraction of sp³-hybridized carbons (Fsp3) is 0.600. The summed E-state index contributed by atoms with van der Waals surface area (Å²) in [5, 5.41) is 2.87. The van der Waals surface area contributed by atoms with E-state index < -0.39 is 0 Å². The second-order valence-electron chi connectivity index (χ2n) is 3.60. The third kappa shape index (κ3) is 3.60. The van der Waals surface area contributed by atoms with E-state index >= 15 is 0 Å². The predicted molar refractivity (Wildman–Crippen MR) is 54.7 cm³/mol. The van der Waals surface area contributed by atoms with Crippen LogP contribution in [0.15, 0.2) is 18.7 Å². The Morgan fingerprint density at radius 3 is 2.93 bits per heavy atom. The lowest BCUT2D eigenvalue weighted by atomic mass is 10.2. The Hall–Kier alpha value is -1.32. The summed E-state index contributed by atoms with van der Waals surface area (Å²) in [6.45, 7) is 5.42. The molecule has 0 bridgehead atoms. The topological polar surface area (TPSA) is 46.9 Å². The van der Waals surface area contributed by atoms with Crippen molar-refractivity contribution >= 4 is 5.91 Å². The lowest BCUT2D eigenvalue weighted by Crippen LogP contribution is -2.29. The largest absolute Gasteiger partial charge is 0.356 e. The summed E-state index contributed by atoms with van der Waals surface area (Å²) in [6, 6.07) is 0. The maximum Gasteiger partial charge on any atom is 0.222 e. The Balaban J connectivity index is 2.08. The summed E-state index contributed by atoms with van der Waals surface area (Å²) in [7, 11) is 0. The predicted octanol–water partition coefficient (Wildman–Crippen LogP) is 1.05. The van der Waals surface area contributed by atoms with Crippen molar-refractivity contribution in [2.24, 2.45) is 5.92 Å². The van der Waals surface area contributed by atoms with E-state index in [0.29, 0.717) is 0 Å². The maximum absolute atomic E-state index is 11.2. The molecule has 4 heteroatoms. The minimum absolute atomic E-state index is 0.0724. The highest BCUT2D eigenvalue weighted by Gasteiger charge is 2.04. The number of hydrogen-bond donors (Lipinski definition) is 1. The third-order valence-corrected chi connectivity index (χ3v) is 1.98. The van der Waals surface area contributed by atoms with E-state index in [1.54, 1.807) is 12.5 Å². The molecule has 1 N–H and O–H groups in total. The summed E-state index contributed by atoms with van der Waals surface area (Å²) < 4.78 is 2.00. The Kier molecular flexibility index (Phi) is 4.16. The molecule has 0 spiro atoms. The SMILES string of the molecule is CC(C)C(=O)NCCCn1ccnc1. The number of hydrogen-bond acceptors (Lipinski definition) is 2. The van der Waals surface area contributed by atoms with Crippen molar-refractivity contribution in [2.45, 2.75) is 26.8 Å². The van der Waals surface area contributed by atoms with Crippen molar-refractivity contribution in [2.75, 3.05) is 6.54 Å². The van der Waals surface area contributed by atoms with Crippen molar-refractivity contribution < 1.29 is 4.79 Å². The Bertz CT molecular complexity index is 267.